The second-order valence-electron chi connectivity index (χ2n) is 1.99. The summed E-state index contributed by atoms with van der Waals surface area (Å²) in [4.78, 5) is 37.8. The lowest BCUT2D eigenvalue weighted by Crippen LogP contribution is -2.31. The Labute approximate surface area is 73.4 Å². The van der Waals surface area contributed by atoms with Crippen molar-refractivity contribution in [1.82, 2.24) is 5.32 Å². The molecule has 0 radical (unpaired) electrons. The van der Waals surface area contributed by atoms with Crippen LogP contribution in [0.3, 0.4) is 0 Å². The number of carbonyl (C=O) groups is 2. The highest BCUT2D eigenvalue weighted by atomic mass is 32.5. The van der Waals surface area contributed by atoms with Crippen LogP contribution in [-0.2, 0) is 21.4 Å². The third-order valence-corrected chi connectivity index (χ3v) is 1.87. The molecule has 0 unspecified atom stereocenters. The van der Waals surface area contributed by atoms with Crippen molar-refractivity contribution < 1.29 is 24.5 Å². The van der Waals surface area contributed by atoms with E-state index in [2.05, 4.69) is 11.8 Å². The summed E-state index contributed by atoms with van der Waals surface area (Å²) in [6, 6.07) is 0. The zero-order chi connectivity index (χ0) is 9.78. The Morgan fingerprint density at radius 1 is 1.42 bits per heavy atom. The molecule has 0 rings (SSSR count). The Hall–Kier alpha value is -0.490. The molecule has 0 fully saturated rings. The number of aliphatic carboxylic acids is 1. The van der Waals surface area contributed by atoms with Gasteiger partial charge in [0.25, 0.3) is 0 Å². The van der Waals surface area contributed by atoms with Gasteiger partial charge in [-0.25, -0.2) is 0 Å². The highest BCUT2D eigenvalue weighted by Gasteiger charge is 2.14. The van der Waals surface area contributed by atoms with Gasteiger partial charge in [-0.2, -0.15) is 0 Å². The Morgan fingerprint density at radius 2 is 1.92 bits per heavy atom. The molecule has 0 bridgehead atoms. The number of amides is 1. The molecule has 0 saturated heterocycles. The minimum absolute atomic E-state index is 0.547. The Morgan fingerprint density at radius 3 is 2.25 bits per heavy atom. The van der Waals surface area contributed by atoms with Gasteiger partial charge in [0.05, 0.1) is 0 Å². The van der Waals surface area contributed by atoms with Gasteiger partial charge in [0.2, 0.25) is 5.91 Å². The first-order valence-electron chi connectivity index (χ1n) is 2.84. The summed E-state index contributed by atoms with van der Waals surface area (Å²) in [7, 11) is 0. The Kier molecular flexibility index (Phi) is 4.33. The van der Waals surface area contributed by atoms with Crippen molar-refractivity contribution >= 4 is 30.2 Å². The van der Waals surface area contributed by atoms with Gasteiger partial charge >= 0.3 is 5.97 Å². The van der Waals surface area contributed by atoms with Gasteiger partial charge in [0, 0.05) is 0 Å². The summed E-state index contributed by atoms with van der Waals surface area (Å²) < 4.78 is 0. The fraction of sp³-hybridized carbons (Fsp3) is 0.500. The van der Waals surface area contributed by atoms with Crippen LogP contribution in [0, 0.1) is 0 Å². The molecule has 0 aliphatic rings. The molecule has 1 amide bonds. The maximum atomic E-state index is 10.6. The first-order chi connectivity index (χ1) is 5.31. The molecule has 0 aliphatic heterocycles. The molecule has 4 N–H and O–H groups in total. The predicted octanol–water partition coefficient (Wildman–Crippen LogP) is -1.52. The van der Waals surface area contributed by atoms with Gasteiger partial charge in [-0.15, -0.1) is 0 Å². The van der Waals surface area contributed by atoms with E-state index < -0.39 is 31.1 Å². The SMILES string of the molecule is O=C(O)CNC(=O)CP(O)(O)=S. The van der Waals surface area contributed by atoms with Crippen LogP contribution in [0.5, 0.6) is 0 Å². The summed E-state index contributed by atoms with van der Waals surface area (Å²) in [6.45, 7) is -4.10. The molecule has 0 aromatic carbocycles. The molecule has 6 nitrogen and oxygen atoms in total. The number of carbonyl (C=O) groups excluding carboxylic acids is 1. The van der Waals surface area contributed by atoms with E-state index in [1.807, 2.05) is 5.32 Å². The normalized spacial score (nSPS) is 10.8. The maximum Gasteiger partial charge on any atom is 0.322 e. The first kappa shape index (κ1) is 11.5. The van der Waals surface area contributed by atoms with Gasteiger partial charge in [0.15, 0.2) is 6.49 Å². The second kappa shape index (κ2) is 4.51. The van der Waals surface area contributed by atoms with Crippen molar-refractivity contribution in [3.05, 3.63) is 0 Å². The third-order valence-electron chi connectivity index (χ3n) is 0.786. The lowest BCUT2D eigenvalue weighted by Gasteiger charge is -2.05. The maximum absolute atomic E-state index is 10.6. The van der Waals surface area contributed by atoms with Gasteiger partial charge < -0.3 is 20.2 Å². The average molecular weight is 213 g/mol. The largest absolute Gasteiger partial charge is 0.480 e. The van der Waals surface area contributed by atoms with E-state index >= 15 is 0 Å². The molecule has 0 atom stereocenters. The molecule has 0 aromatic heterocycles. The molecule has 70 valence electrons. The minimum atomic E-state index is -3.55. The summed E-state index contributed by atoms with van der Waals surface area (Å²) in [5.41, 5.74) is 0. The monoisotopic (exact) mass is 213 g/mol. The van der Waals surface area contributed by atoms with Crippen molar-refractivity contribution in [2.24, 2.45) is 0 Å². The van der Waals surface area contributed by atoms with Crippen LogP contribution < -0.4 is 5.32 Å². The van der Waals surface area contributed by atoms with Gasteiger partial charge in [0.1, 0.15) is 12.7 Å². The number of hydrogen-bond acceptors (Lipinski definition) is 3. The van der Waals surface area contributed by atoms with Crippen LogP contribution in [0.15, 0.2) is 0 Å². The van der Waals surface area contributed by atoms with Crippen molar-refractivity contribution in [1.29, 1.82) is 0 Å². The minimum Gasteiger partial charge on any atom is -0.480 e. The third kappa shape index (κ3) is 7.62. The lowest BCUT2D eigenvalue weighted by atomic mass is 10.6. The molecule has 0 heterocycles. The number of carboxylic acid groups (broad SMARTS) is 1. The van der Waals surface area contributed by atoms with Crippen LogP contribution in [0.25, 0.3) is 0 Å². The van der Waals surface area contributed by atoms with E-state index in [-0.39, 0.29) is 0 Å². The van der Waals surface area contributed by atoms with Gasteiger partial charge in [-0.05, 0) is 11.8 Å². The first-order valence-corrected chi connectivity index (χ1v) is 5.73. The molecule has 0 saturated carbocycles. The van der Waals surface area contributed by atoms with E-state index in [1.165, 1.54) is 0 Å². The quantitative estimate of drug-likeness (QED) is 0.422. The topological polar surface area (TPSA) is 107 Å². The number of carboxylic acids is 1. The number of nitrogens with one attached hydrogen (secondary N) is 1. The molecule has 12 heavy (non-hydrogen) atoms. The summed E-state index contributed by atoms with van der Waals surface area (Å²) in [5, 5.41) is 10.0. The van der Waals surface area contributed by atoms with E-state index in [4.69, 9.17) is 14.9 Å². The molecule has 8 heteroatoms. The van der Waals surface area contributed by atoms with Crippen LogP contribution in [0.2, 0.25) is 0 Å². The highest BCUT2D eigenvalue weighted by Crippen LogP contribution is 2.33. The van der Waals surface area contributed by atoms with Crippen LogP contribution in [0.1, 0.15) is 0 Å². The highest BCUT2D eigenvalue weighted by molar-refractivity contribution is 8.09. The smallest absolute Gasteiger partial charge is 0.322 e. The van der Waals surface area contributed by atoms with Crippen molar-refractivity contribution in [2.75, 3.05) is 12.7 Å². The van der Waals surface area contributed by atoms with Crippen molar-refractivity contribution in [3.63, 3.8) is 0 Å². The van der Waals surface area contributed by atoms with Crippen molar-refractivity contribution in [2.45, 2.75) is 0 Å². The van der Waals surface area contributed by atoms with Crippen LogP contribution >= 0.6 is 6.49 Å². The zero-order valence-corrected chi connectivity index (χ0v) is 7.64. The Bertz CT molecular complexity index is 236. The fourth-order valence-corrected chi connectivity index (χ4v) is 1.25. The molecular formula is C4H8NO5PS. The zero-order valence-electron chi connectivity index (χ0n) is 5.93. The molecule has 0 aliphatic carbocycles. The summed E-state index contributed by atoms with van der Waals surface area (Å²) >= 11 is 4.15. The van der Waals surface area contributed by atoms with Crippen LogP contribution in [-0.4, -0.2) is 39.5 Å². The van der Waals surface area contributed by atoms with Gasteiger partial charge in [-0.3, -0.25) is 9.59 Å². The number of hydrogen-bond donors (Lipinski definition) is 4. The molecule has 0 spiro atoms. The average Bonchev–Trinajstić information content (AvgIpc) is 1.79. The van der Waals surface area contributed by atoms with E-state index in [1.54, 1.807) is 0 Å². The van der Waals surface area contributed by atoms with E-state index in [0.29, 0.717) is 0 Å². The van der Waals surface area contributed by atoms with E-state index in [0.717, 1.165) is 0 Å². The summed E-state index contributed by atoms with van der Waals surface area (Å²) in [6.07, 6.45) is -0.615. The lowest BCUT2D eigenvalue weighted by molar-refractivity contribution is -0.137. The Balaban J connectivity index is 3.76. The standard InChI is InChI=1S/C4H8NO5PS/c6-3(2-11(9,10)12)5-1-4(7)8/h1-2H2,(H,5,6)(H,7,8)(H2,9,10,12). The second-order valence-corrected chi connectivity index (χ2v) is 5.39. The van der Waals surface area contributed by atoms with Crippen LogP contribution in [0.4, 0.5) is 0 Å². The van der Waals surface area contributed by atoms with E-state index in [9.17, 15) is 9.59 Å². The summed E-state index contributed by atoms with van der Waals surface area (Å²) in [5.74, 6) is -1.97. The molecular weight excluding hydrogens is 205 g/mol. The van der Waals surface area contributed by atoms with Gasteiger partial charge in [-0.1, -0.05) is 0 Å². The predicted molar refractivity (Wildman–Crippen MR) is 44.2 cm³/mol. The van der Waals surface area contributed by atoms with Crippen molar-refractivity contribution in [3.8, 4) is 0 Å². The number of rotatable bonds is 4. The molecule has 0 aromatic rings. The fourth-order valence-electron chi connectivity index (χ4n) is 0.417.